The molecular weight excluding hydrogens is 236 g/mol. The van der Waals surface area contributed by atoms with Gasteiger partial charge >= 0.3 is 5.97 Å². The van der Waals surface area contributed by atoms with Crippen LogP contribution in [0.25, 0.3) is 0 Å². The van der Waals surface area contributed by atoms with Crippen LogP contribution in [0.3, 0.4) is 0 Å². The molecule has 0 aromatic carbocycles. The molecule has 1 atom stereocenters. The molecule has 1 aliphatic heterocycles. The first-order chi connectivity index (χ1) is 8.59. The van der Waals surface area contributed by atoms with Crippen LogP contribution in [0.5, 0.6) is 0 Å². The third kappa shape index (κ3) is 2.39. The number of rotatable bonds is 3. The van der Waals surface area contributed by atoms with Crippen LogP contribution >= 0.6 is 0 Å². The monoisotopic (exact) mass is 250 g/mol. The van der Waals surface area contributed by atoms with Crippen molar-refractivity contribution >= 4 is 17.7 Å². The number of carbonyl (C=O) groups excluding carboxylic acids is 1. The van der Waals surface area contributed by atoms with E-state index in [1.807, 2.05) is 0 Å². The molecule has 0 saturated carbocycles. The number of piperidine rings is 1. The topological polar surface area (TPSA) is 109 Å². The number of primary amides is 1. The van der Waals surface area contributed by atoms with Gasteiger partial charge in [0.1, 0.15) is 23.9 Å². The number of carboxylic acids is 1. The van der Waals surface area contributed by atoms with Gasteiger partial charge in [-0.3, -0.25) is 4.79 Å². The number of carboxylic acid groups (broad SMARTS) is 1. The molecule has 18 heavy (non-hydrogen) atoms. The van der Waals surface area contributed by atoms with Gasteiger partial charge in [0, 0.05) is 12.6 Å². The van der Waals surface area contributed by atoms with Crippen LogP contribution in [0, 0.1) is 0 Å². The summed E-state index contributed by atoms with van der Waals surface area (Å²) in [5.41, 5.74) is 5.23. The van der Waals surface area contributed by atoms with Gasteiger partial charge in [-0.1, -0.05) is 0 Å². The van der Waals surface area contributed by atoms with Gasteiger partial charge in [-0.05, 0) is 19.3 Å². The summed E-state index contributed by atoms with van der Waals surface area (Å²) < 4.78 is 0. The Balaban J connectivity index is 2.30. The third-order valence-corrected chi connectivity index (χ3v) is 2.99. The van der Waals surface area contributed by atoms with Gasteiger partial charge in [0.15, 0.2) is 0 Å². The predicted molar refractivity (Wildman–Crippen MR) is 63.2 cm³/mol. The van der Waals surface area contributed by atoms with Gasteiger partial charge in [-0.25, -0.2) is 14.8 Å². The lowest BCUT2D eigenvalue weighted by molar-refractivity contribution is -0.139. The molecule has 1 fully saturated rings. The minimum Gasteiger partial charge on any atom is -0.480 e. The molecular formula is C11H14N4O3. The first-order valence-corrected chi connectivity index (χ1v) is 5.71. The van der Waals surface area contributed by atoms with E-state index in [9.17, 15) is 14.7 Å². The zero-order chi connectivity index (χ0) is 13.1. The molecule has 96 valence electrons. The summed E-state index contributed by atoms with van der Waals surface area (Å²) >= 11 is 0. The number of aliphatic carboxylic acids is 1. The van der Waals surface area contributed by atoms with E-state index in [0.717, 1.165) is 12.8 Å². The zero-order valence-corrected chi connectivity index (χ0v) is 9.74. The number of anilines is 1. The smallest absolute Gasteiger partial charge is 0.326 e. The van der Waals surface area contributed by atoms with Gasteiger partial charge in [0.25, 0.3) is 5.91 Å². The summed E-state index contributed by atoms with van der Waals surface area (Å²) in [5.74, 6) is -1.10. The van der Waals surface area contributed by atoms with Crippen molar-refractivity contribution in [3.63, 3.8) is 0 Å². The molecule has 1 saturated heterocycles. The molecule has 0 spiro atoms. The summed E-state index contributed by atoms with van der Waals surface area (Å²) in [7, 11) is 0. The van der Waals surface area contributed by atoms with Crippen molar-refractivity contribution in [2.45, 2.75) is 25.3 Å². The molecule has 1 aromatic heterocycles. The number of hydrogen-bond donors (Lipinski definition) is 2. The summed E-state index contributed by atoms with van der Waals surface area (Å²) in [6, 6.07) is 0.832. The van der Waals surface area contributed by atoms with Crippen molar-refractivity contribution in [3.8, 4) is 0 Å². The Hall–Kier alpha value is -2.18. The Morgan fingerprint density at radius 2 is 2.17 bits per heavy atom. The highest BCUT2D eigenvalue weighted by molar-refractivity contribution is 5.91. The van der Waals surface area contributed by atoms with Crippen molar-refractivity contribution in [2.24, 2.45) is 5.73 Å². The second kappa shape index (κ2) is 4.99. The molecule has 0 unspecified atom stereocenters. The number of aromatic nitrogens is 2. The summed E-state index contributed by atoms with van der Waals surface area (Å²) in [5, 5.41) is 9.17. The Bertz CT molecular complexity index is 477. The highest BCUT2D eigenvalue weighted by Gasteiger charge is 2.29. The number of hydrogen-bond acceptors (Lipinski definition) is 5. The number of carbonyl (C=O) groups is 2. The third-order valence-electron chi connectivity index (χ3n) is 2.99. The van der Waals surface area contributed by atoms with Crippen molar-refractivity contribution in [2.75, 3.05) is 11.4 Å². The predicted octanol–water partition coefficient (Wildman–Crippen LogP) is 0.0190. The summed E-state index contributed by atoms with van der Waals surface area (Å²) in [6.45, 7) is 0.603. The highest BCUT2D eigenvalue weighted by Crippen LogP contribution is 2.23. The average Bonchev–Trinajstić information content (AvgIpc) is 2.39. The van der Waals surface area contributed by atoms with Crippen LogP contribution in [0.1, 0.15) is 29.8 Å². The fourth-order valence-electron chi connectivity index (χ4n) is 2.10. The highest BCUT2D eigenvalue weighted by atomic mass is 16.4. The molecule has 0 aliphatic carbocycles. The van der Waals surface area contributed by atoms with Crippen molar-refractivity contribution in [3.05, 3.63) is 18.1 Å². The van der Waals surface area contributed by atoms with Crippen molar-refractivity contribution < 1.29 is 14.7 Å². The number of nitrogens with zero attached hydrogens (tertiary/aromatic N) is 3. The Morgan fingerprint density at radius 3 is 2.83 bits per heavy atom. The molecule has 2 heterocycles. The van der Waals surface area contributed by atoms with E-state index in [-0.39, 0.29) is 5.69 Å². The minimum absolute atomic E-state index is 0.0923. The lowest BCUT2D eigenvalue weighted by Gasteiger charge is -2.33. The molecule has 1 aliphatic rings. The summed E-state index contributed by atoms with van der Waals surface area (Å²) in [4.78, 5) is 31.7. The molecule has 1 aromatic rings. The lowest BCUT2D eigenvalue weighted by Crippen LogP contribution is -2.45. The molecule has 0 bridgehead atoms. The van der Waals surface area contributed by atoms with E-state index in [0.29, 0.717) is 18.8 Å². The first-order valence-electron chi connectivity index (χ1n) is 5.71. The molecule has 7 nitrogen and oxygen atoms in total. The first kappa shape index (κ1) is 12.3. The van der Waals surface area contributed by atoms with Crippen molar-refractivity contribution in [1.29, 1.82) is 0 Å². The fraction of sp³-hybridized carbons (Fsp3) is 0.455. The quantitative estimate of drug-likeness (QED) is 0.782. The number of nitrogens with two attached hydrogens (primary N) is 1. The van der Waals surface area contributed by atoms with Crippen LogP contribution in [0.2, 0.25) is 0 Å². The molecule has 0 radical (unpaired) electrons. The standard InChI is InChI=1S/C11H14N4O3/c12-10(16)7-5-9(14-6-13-7)15-4-2-1-3-8(15)11(17)18/h5-6,8H,1-4H2,(H2,12,16)(H,17,18)/t8-/m0/s1. The van der Waals surface area contributed by atoms with Gasteiger partial charge in [0.05, 0.1) is 0 Å². The van der Waals surface area contributed by atoms with E-state index >= 15 is 0 Å². The van der Waals surface area contributed by atoms with Gasteiger partial charge in [-0.2, -0.15) is 0 Å². The largest absolute Gasteiger partial charge is 0.480 e. The fourth-order valence-corrected chi connectivity index (χ4v) is 2.10. The Morgan fingerprint density at radius 1 is 1.39 bits per heavy atom. The van der Waals surface area contributed by atoms with Crippen LogP contribution in [0.15, 0.2) is 12.4 Å². The second-order valence-corrected chi connectivity index (χ2v) is 4.17. The maximum Gasteiger partial charge on any atom is 0.326 e. The normalized spacial score (nSPS) is 19.6. The summed E-state index contributed by atoms with van der Waals surface area (Å²) in [6.07, 6.45) is 3.58. The number of amides is 1. The average molecular weight is 250 g/mol. The van der Waals surface area contributed by atoms with E-state index in [2.05, 4.69) is 9.97 Å². The van der Waals surface area contributed by atoms with Gasteiger partial charge < -0.3 is 15.7 Å². The lowest BCUT2D eigenvalue weighted by atomic mass is 10.0. The van der Waals surface area contributed by atoms with E-state index < -0.39 is 17.9 Å². The van der Waals surface area contributed by atoms with E-state index in [4.69, 9.17) is 5.73 Å². The van der Waals surface area contributed by atoms with Gasteiger partial charge in [0.2, 0.25) is 0 Å². The van der Waals surface area contributed by atoms with Crippen LogP contribution < -0.4 is 10.6 Å². The van der Waals surface area contributed by atoms with Crippen LogP contribution in [-0.2, 0) is 4.79 Å². The molecule has 7 heteroatoms. The zero-order valence-electron chi connectivity index (χ0n) is 9.74. The van der Waals surface area contributed by atoms with Crippen LogP contribution in [-0.4, -0.2) is 39.5 Å². The van der Waals surface area contributed by atoms with Crippen LogP contribution in [0.4, 0.5) is 5.82 Å². The maximum absolute atomic E-state index is 11.2. The molecule has 2 rings (SSSR count). The Labute approximate surface area is 104 Å². The minimum atomic E-state index is -0.881. The second-order valence-electron chi connectivity index (χ2n) is 4.17. The van der Waals surface area contributed by atoms with Gasteiger partial charge in [-0.15, -0.1) is 0 Å². The van der Waals surface area contributed by atoms with Crippen molar-refractivity contribution in [1.82, 2.24) is 9.97 Å². The van der Waals surface area contributed by atoms with E-state index in [1.165, 1.54) is 12.4 Å². The Kier molecular flexibility index (Phi) is 3.40. The maximum atomic E-state index is 11.2. The molecule has 1 amide bonds. The SMILES string of the molecule is NC(=O)c1cc(N2CCCC[C@H]2C(=O)O)ncn1. The molecule has 3 N–H and O–H groups in total. The van der Waals surface area contributed by atoms with E-state index in [1.54, 1.807) is 4.90 Å².